The van der Waals surface area contributed by atoms with Crippen molar-refractivity contribution >= 4 is 39.2 Å². The Hall–Kier alpha value is -2.46. The van der Waals surface area contributed by atoms with Gasteiger partial charge < -0.3 is 5.32 Å². The van der Waals surface area contributed by atoms with E-state index in [0.29, 0.717) is 0 Å². The second-order valence-corrected chi connectivity index (χ2v) is 7.62. The van der Waals surface area contributed by atoms with Crippen LogP contribution < -0.4 is 5.32 Å². The van der Waals surface area contributed by atoms with Crippen LogP contribution in [-0.4, -0.2) is 10.9 Å². The standard InChI is InChI=1S/C20H20N2OS/c1-20(2,3)15-7-4-14(5-8-15)6-11-19(23)22-16-9-10-17-18(12-16)24-13-21-17/h4-13H,1-3H3,(H,22,23). The summed E-state index contributed by atoms with van der Waals surface area (Å²) in [6.45, 7) is 6.56. The number of amides is 1. The number of aromatic nitrogens is 1. The maximum absolute atomic E-state index is 12.1. The first kappa shape index (κ1) is 16.4. The molecule has 1 amide bonds. The van der Waals surface area contributed by atoms with Crippen molar-refractivity contribution in [2.45, 2.75) is 26.2 Å². The summed E-state index contributed by atoms with van der Waals surface area (Å²) in [6.07, 6.45) is 3.38. The molecule has 24 heavy (non-hydrogen) atoms. The first-order valence-electron chi connectivity index (χ1n) is 7.85. The fourth-order valence-corrected chi connectivity index (χ4v) is 3.10. The minimum atomic E-state index is -0.140. The summed E-state index contributed by atoms with van der Waals surface area (Å²) in [4.78, 5) is 16.3. The van der Waals surface area contributed by atoms with Crippen LogP contribution >= 0.6 is 11.3 Å². The highest BCUT2D eigenvalue weighted by atomic mass is 32.1. The van der Waals surface area contributed by atoms with Crippen molar-refractivity contribution in [3.05, 3.63) is 65.2 Å². The predicted octanol–water partition coefficient (Wildman–Crippen LogP) is 5.25. The van der Waals surface area contributed by atoms with Gasteiger partial charge in [-0.2, -0.15) is 0 Å². The molecule has 0 saturated carbocycles. The normalized spacial score (nSPS) is 12.0. The largest absolute Gasteiger partial charge is 0.322 e. The Balaban J connectivity index is 1.66. The van der Waals surface area contributed by atoms with E-state index >= 15 is 0 Å². The Morgan fingerprint density at radius 2 is 1.88 bits per heavy atom. The Morgan fingerprint density at radius 1 is 1.12 bits per heavy atom. The van der Waals surface area contributed by atoms with Crippen LogP contribution in [0.25, 0.3) is 16.3 Å². The molecule has 0 aliphatic rings. The van der Waals surface area contributed by atoms with Crippen molar-refractivity contribution in [1.82, 2.24) is 4.98 Å². The highest BCUT2D eigenvalue weighted by Crippen LogP contribution is 2.23. The number of benzene rings is 2. The van der Waals surface area contributed by atoms with Gasteiger partial charge in [0.1, 0.15) is 0 Å². The smallest absolute Gasteiger partial charge is 0.248 e. The summed E-state index contributed by atoms with van der Waals surface area (Å²) in [5.41, 5.74) is 5.96. The quantitative estimate of drug-likeness (QED) is 0.664. The molecular formula is C20H20N2OS. The summed E-state index contributed by atoms with van der Waals surface area (Å²) in [5, 5.41) is 2.88. The Bertz CT molecular complexity index is 886. The third-order valence-electron chi connectivity index (χ3n) is 3.80. The molecule has 1 heterocycles. The molecule has 3 nitrogen and oxygen atoms in total. The van der Waals surface area contributed by atoms with Crippen LogP contribution in [0.2, 0.25) is 0 Å². The van der Waals surface area contributed by atoms with Gasteiger partial charge in [0, 0.05) is 11.8 Å². The van der Waals surface area contributed by atoms with Crippen LogP contribution in [0.3, 0.4) is 0 Å². The molecule has 0 unspecified atom stereocenters. The lowest BCUT2D eigenvalue weighted by molar-refractivity contribution is -0.111. The molecule has 0 spiro atoms. The van der Waals surface area contributed by atoms with Crippen LogP contribution in [-0.2, 0) is 10.2 Å². The third-order valence-corrected chi connectivity index (χ3v) is 4.59. The van der Waals surface area contributed by atoms with E-state index < -0.39 is 0 Å². The van der Waals surface area contributed by atoms with Gasteiger partial charge in [-0.1, -0.05) is 45.0 Å². The zero-order valence-corrected chi connectivity index (χ0v) is 14.9. The highest BCUT2D eigenvalue weighted by molar-refractivity contribution is 7.16. The van der Waals surface area contributed by atoms with Crippen molar-refractivity contribution in [2.24, 2.45) is 0 Å². The molecule has 1 aromatic heterocycles. The SMILES string of the molecule is CC(C)(C)c1ccc(C=CC(=O)Nc2ccc3ncsc3c2)cc1. The Morgan fingerprint density at radius 3 is 2.58 bits per heavy atom. The summed E-state index contributed by atoms with van der Waals surface area (Å²) >= 11 is 1.56. The molecule has 122 valence electrons. The summed E-state index contributed by atoms with van der Waals surface area (Å²) in [7, 11) is 0. The number of carbonyl (C=O) groups is 1. The van der Waals surface area contributed by atoms with Crippen LogP contribution in [0.1, 0.15) is 31.9 Å². The van der Waals surface area contributed by atoms with Gasteiger partial charge in [0.15, 0.2) is 0 Å². The molecule has 0 radical (unpaired) electrons. The fourth-order valence-electron chi connectivity index (χ4n) is 2.38. The van der Waals surface area contributed by atoms with Gasteiger partial charge in [-0.3, -0.25) is 4.79 Å². The van der Waals surface area contributed by atoms with Gasteiger partial charge in [-0.15, -0.1) is 11.3 Å². The van der Waals surface area contributed by atoms with Crippen molar-refractivity contribution in [2.75, 3.05) is 5.32 Å². The highest BCUT2D eigenvalue weighted by Gasteiger charge is 2.12. The number of nitrogens with one attached hydrogen (secondary N) is 1. The van der Waals surface area contributed by atoms with E-state index in [9.17, 15) is 4.79 Å². The summed E-state index contributed by atoms with van der Waals surface area (Å²) in [6, 6.07) is 14.0. The van der Waals surface area contributed by atoms with Gasteiger partial charge in [-0.25, -0.2) is 4.98 Å². The summed E-state index contributed by atoms with van der Waals surface area (Å²) in [5.74, 6) is -0.140. The van der Waals surface area contributed by atoms with Gasteiger partial charge >= 0.3 is 0 Å². The maximum atomic E-state index is 12.1. The lowest BCUT2D eigenvalue weighted by Crippen LogP contribution is -2.10. The summed E-state index contributed by atoms with van der Waals surface area (Å²) < 4.78 is 1.06. The lowest BCUT2D eigenvalue weighted by atomic mass is 9.87. The van der Waals surface area contributed by atoms with Crippen LogP contribution in [0.15, 0.2) is 54.1 Å². The second kappa shape index (κ2) is 6.57. The zero-order valence-electron chi connectivity index (χ0n) is 14.0. The molecule has 4 heteroatoms. The van der Waals surface area contributed by atoms with Crippen molar-refractivity contribution < 1.29 is 4.79 Å². The zero-order chi connectivity index (χ0) is 17.2. The predicted molar refractivity (Wildman–Crippen MR) is 102 cm³/mol. The number of hydrogen-bond acceptors (Lipinski definition) is 3. The lowest BCUT2D eigenvalue weighted by Gasteiger charge is -2.18. The minimum Gasteiger partial charge on any atom is -0.322 e. The van der Waals surface area contributed by atoms with Gasteiger partial charge in [0.05, 0.1) is 15.7 Å². The van der Waals surface area contributed by atoms with Gasteiger partial charge in [0.2, 0.25) is 5.91 Å². The Kier molecular flexibility index (Phi) is 4.49. The maximum Gasteiger partial charge on any atom is 0.248 e. The third kappa shape index (κ3) is 3.89. The average molecular weight is 336 g/mol. The van der Waals surface area contributed by atoms with Crippen LogP contribution in [0.5, 0.6) is 0 Å². The number of thiazole rings is 1. The van der Waals surface area contributed by atoms with Crippen LogP contribution in [0, 0.1) is 0 Å². The molecule has 0 fully saturated rings. The second-order valence-electron chi connectivity index (χ2n) is 6.73. The molecule has 3 aromatic rings. The fraction of sp³-hybridized carbons (Fsp3) is 0.200. The molecule has 0 atom stereocenters. The molecule has 3 rings (SSSR count). The number of nitrogens with zero attached hydrogens (tertiary/aromatic N) is 1. The van der Waals surface area contributed by atoms with Crippen molar-refractivity contribution in [3.8, 4) is 0 Å². The first-order chi connectivity index (χ1) is 11.4. The van der Waals surface area contributed by atoms with E-state index in [1.807, 2.05) is 36.4 Å². The molecule has 2 aromatic carbocycles. The van der Waals surface area contributed by atoms with Gasteiger partial charge in [-0.05, 0) is 40.8 Å². The molecule has 0 aliphatic heterocycles. The number of anilines is 1. The van der Waals surface area contributed by atoms with Crippen molar-refractivity contribution in [1.29, 1.82) is 0 Å². The van der Waals surface area contributed by atoms with E-state index in [0.717, 1.165) is 21.5 Å². The topological polar surface area (TPSA) is 42.0 Å². The number of carbonyl (C=O) groups excluding carboxylic acids is 1. The monoisotopic (exact) mass is 336 g/mol. The molecule has 0 aliphatic carbocycles. The number of rotatable bonds is 3. The van der Waals surface area contributed by atoms with Crippen molar-refractivity contribution in [3.63, 3.8) is 0 Å². The minimum absolute atomic E-state index is 0.134. The first-order valence-corrected chi connectivity index (χ1v) is 8.73. The van der Waals surface area contributed by atoms with Crippen LogP contribution in [0.4, 0.5) is 5.69 Å². The Labute approximate surface area is 146 Å². The van der Waals surface area contributed by atoms with E-state index in [-0.39, 0.29) is 11.3 Å². The number of hydrogen-bond donors (Lipinski definition) is 1. The van der Waals surface area contributed by atoms with E-state index in [1.165, 1.54) is 5.56 Å². The van der Waals surface area contributed by atoms with E-state index in [4.69, 9.17) is 0 Å². The average Bonchev–Trinajstić information content (AvgIpc) is 3.00. The molecular weight excluding hydrogens is 316 g/mol. The van der Waals surface area contributed by atoms with E-state index in [2.05, 4.69) is 43.2 Å². The molecule has 1 N–H and O–H groups in total. The number of fused-ring (bicyclic) bond motifs is 1. The molecule has 0 saturated heterocycles. The van der Waals surface area contributed by atoms with Gasteiger partial charge in [0.25, 0.3) is 0 Å². The molecule has 0 bridgehead atoms. The van der Waals surface area contributed by atoms with E-state index in [1.54, 1.807) is 22.9 Å².